The van der Waals surface area contributed by atoms with Gasteiger partial charge in [-0.15, -0.1) is 0 Å². The number of hydrogen-bond donors (Lipinski definition) is 0. The minimum absolute atomic E-state index is 0.199. The summed E-state index contributed by atoms with van der Waals surface area (Å²) >= 11 is 1.23. The van der Waals surface area contributed by atoms with Crippen LogP contribution in [0.3, 0.4) is 0 Å². The van der Waals surface area contributed by atoms with Gasteiger partial charge in [0.2, 0.25) is 0 Å². The first-order valence-electron chi connectivity index (χ1n) is 5.92. The third-order valence-electron chi connectivity index (χ3n) is 2.62. The first-order chi connectivity index (χ1) is 9.47. The van der Waals surface area contributed by atoms with E-state index in [2.05, 4.69) is 0 Å². The summed E-state index contributed by atoms with van der Waals surface area (Å²) in [5.74, 6) is -0.947. The molecule has 1 amide bonds. The second-order valence-corrected chi connectivity index (χ2v) is 5.51. The van der Waals surface area contributed by atoms with Crippen molar-refractivity contribution in [3.63, 3.8) is 0 Å². The van der Waals surface area contributed by atoms with Crippen molar-refractivity contribution in [2.45, 2.75) is 9.79 Å². The Hall–Kier alpha value is -1.88. The predicted octanol–water partition coefficient (Wildman–Crippen LogP) is 3.82. The third-order valence-corrected chi connectivity index (χ3v) is 3.69. The fourth-order valence-electron chi connectivity index (χ4n) is 1.63. The number of nitrogens with zero attached hydrogens (tertiary/aromatic N) is 1. The number of rotatable bonds is 3. The van der Waals surface area contributed by atoms with Crippen LogP contribution >= 0.6 is 11.8 Å². The zero-order valence-corrected chi connectivity index (χ0v) is 11.9. The van der Waals surface area contributed by atoms with Crippen molar-refractivity contribution in [1.29, 1.82) is 0 Å². The van der Waals surface area contributed by atoms with Crippen molar-refractivity contribution in [3.8, 4) is 0 Å². The van der Waals surface area contributed by atoms with E-state index in [1.165, 1.54) is 47.0 Å². The Morgan fingerprint density at radius 3 is 2.20 bits per heavy atom. The summed E-state index contributed by atoms with van der Waals surface area (Å²) in [5.41, 5.74) is 0.422. The molecule has 2 nitrogen and oxygen atoms in total. The van der Waals surface area contributed by atoms with Crippen LogP contribution in [-0.4, -0.2) is 24.9 Å². The van der Waals surface area contributed by atoms with E-state index < -0.39 is 5.82 Å². The molecule has 0 aromatic heterocycles. The molecule has 104 valence electrons. The standard InChI is InChI=1S/C15H13F2NOS/c1-18(2)15(19)13-8-5-11(17)9-14(13)20-12-6-3-10(16)4-7-12/h3-9H,1-2H3. The van der Waals surface area contributed by atoms with Crippen LogP contribution in [0, 0.1) is 11.6 Å². The molecule has 0 unspecified atom stereocenters. The smallest absolute Gasteiger partial charge is 0.254 e. The zero-order chi connectivity index (χ0) is 14.7. The fourth-order valence-corrected chi connectivity index (χ4v) is 2.59. The molecule has 20 heavy (non-hydrogen) atoms. The molecule has 0 fully saturated rings. The van der Waals surface area contributed by atoms with Crippen LogP contribution in [0.15, 0.2) is 52.3 Å². The molecule has 2 aromatic rings. The molecular formula is C15H13F2NOS. The fraction of sp³-hybridized carbons (Fsp3) is 0.133. The number of carbonyl (C=O) groups excluding carboxylic acids is 1. The van der Waals surface area contributed by atoms with Crippen LogP contribution in [0.2, 0.25) is 0 Å². The molecule has 0 atom stereocenters. The van der Waals surface area contributed by atoms with Crippen molar-refractivity contribution < 1.29 is 13.6 Å². The lowest BCUT2D eigenvalue weighted by Gasteiger charge is -2.14. The first-order valence-corrected chi connectivity index (χ1v) is 6.73. The van der Waals surface area contributed by atoms with Crippen LogP contribution in [-0.2, 0) is 0 Å². The van der Waals surface area contributed by atoms with Crippen molar-refractivity contribution in [2.75, 3.05) is 14.1 Å². The molecule has 0 aliphatic carbocycles. The van der Waals surface area contributed by atoms with Gasteiger partial charge in [0.1, 0.15) is 11.6 Å². The van der Waals surface area contributed by atoms with Crippen LogP contribution in [0.5, 0.6) is 0 Å². The van der Waals surface area contributed by atoms with E-state index in [0.29, 0.717) is 10.5 Å². The van der Waals surface area contributed by atoms with E-state index in [4.69, 9.17) is 0 Å². The average Bonchev–Trinajstić information content (AvgIpc) is 2.41. The topological polar surface area (TPSA) is 20.3 Å². The molecule has 0 aliphatic rings. The second-order valence-electron chi connectivity index (χ2n) is 4.40. The largest absolute Gasteiger partial charge is 0.345 e. The van der Waals surface area contributed by atoms with Crippen LogP contribution in [0.1, 0.15) is 10.4 Å². The maximum atomic E-state index is 13.4. The van der Waals surface area contributed by atoms with Crippen molar-refractivity contribution >= 4 is 17.7 Å². The highest BCUT2D eigenvalue weighted by molar-refractivity contribution is 7.99. The normalized spacial score (nSPS) is 10.4. The average molecular weight is 293 g/mol. The van der Waals surface area contributed by atoms with Gasteiger partial charge in [0.25, 0.3) is 5.91 Å². The quantitative estimate of drug-likeness (QED) is 0.857. The SMILES string of the molecule is CN(C)C(=O)c1ccc(F)cc1Sc1ccc(F)cc1. The highest BCUT2D eigenvalue weighted by atomic mass is 32.2. The zero-order valence-electron chi connectivity index (χ0n) is 11.1. The molecule has 0 N–H and O–H groups in total. The van der Waals surface area contributed by atoms with Gasteiger partial charge in [0.05, 0.1) is 5.56 Å². The van der Waals surface area contributed by atoms with Gasteiger partial charge in [0, 0.05) is 23.9 Å². The second kappa shape index (κ2) is 6.05. The Morgan fingerprint density at radius 1 is 1.00 bits per heavy atom. The molecular weight excluding hydrogens is 280 g/mol. The molecule has 0 saturated heterocycles. The Morgan fingerprint density at radius 2 is 1.60 bits per heavy atom. The molecule has 2 rings (SSSR count). The maximum absolute atomic E-state index is 13.4. The maximum Gasteiger partial charge on any atom is 0.254 e. The highest BCUT2D eigenvalue weighted by Crippen LogP contribution is 2.31. The lowest BCUT2D eigenvalue weighted by molar-refractivity contribution is 0.0824. The molecule has 0 saturated carbocycles. The van der Waals surface area contributed by atoms with Gasteiger partial charge in [-0.3, -0.25) is 4.79 Å². The Labute approximate surface area is 120 Å². The first kappa shape index (κ1) is 14.5. The van der Waals surface area contributed by atoms with E-state index >= 15 is 0 Å². The number of carbonyl (C=O) groups is 1. The summed E-state index contributed by atoms with van der Waals surface area (Å²) in [4.78, 5) is 14.7. The van der Waals surface area contributed by atoms with Crippen LogP contribution in [0.4, 0.5) is 8.78 Å². The van der Waals surface area contributed by atoms with E-state index in [1.54, 1.807) is 26.2 Å². The summed E-state index contributed by atoms with van der Waals surface area (Å²) in [5, 5.41) is 0. The Bertz CT molecular complexity index is 626. The molecule has 0 spiro atoms. The number of halogens is 2. The molecule has 5 heteroatoms. The summed E-state index contributed by atoms with van der Waals surface area (Å²) in [6, 6.07) is 9.87. The van der Waals surface area contributed by atoms with Crippen molar-refractivity contribution in [1.82, 2.24) is 4.90 Å². The van der Waals surface area contributed by atoms with Crippen molar-refractivity contribution in [2.24, 2.45) is 0 Å². The van der Waals surface area contributed by atoms with Gasteiger partial charge in [-0.1, -0.05) is 11.8 Å². The number of amides is 1. The third kappa shape index (κ3) is 3.36. The van der Waals surface area contributed by atoms with E-state index in [9.17, 15) is 13.6 Å². The molecule has 0 bridgehead atoms. The van der Waals surface area contributed by atoms with Gasteiger partial charge < -0.3 is 4.90 Å². The summed E-state index contributed by atoms with van der Waals surface area (Å²) in [6.45, 7) is 0. The van der Waals surface area contributed by atoms with Crippen LogP contribution < -0.4 is 0 Å². The Kier molecular flexibility index (Phi) is 4.39. The number of benzene rings is 2. The van der Waals surface area contributed by atoms with E-state index in [1.807, 2.05) is 0 Å². The summed E-state index contributed by atoms with van der Waals surface area (Å²) in [6.07, 6.45) is 0. The van der Waals surface area contributed by atoms with Crippen LogP contribution in [0.25, 0.3) is 0 Å². The lowest BCUT2D eigenvalue weighted by atomic mass is 10.2. The minimum Gasteiger partial charge on any atom is -0.345 e. The van der Waals surface area contributed by atoms with E-state index in [-0.39, 0.29) is 11.7 Å². The molecule has 2 aromatic carbocycles. The van der Waals surface area contributed by atoms with Gasteiger partial charge in [-0.25, -0.2) is 8.78 Å². The molecule has 0 aliphatic heterocycles. The Balaban J connectivity index is 2.37. The summed E-state index contributed by atoms with van der Waals surface area (Å²) < 4.78 is 26.3. The van der Waals surface area contributed by atoms with Gasteiger partial charge in [0.15, 0.2) is 0 Å². The van der Waals surface area contributed by atoms with E-state index in [0.717, 1.165) is 4.90 Å². The molecule has 0 heterocycles. The monoisotopic (exact) mass is 293 g/mol. The van der Waals surface area contributed by atoms with Gasteiger partial charge in [-0.2, -0.15) is 0 Å². The lowest BCUT2D eigenvalue weighted by Crippen LogP contribution is -2.22. The van der Waals surface area contributed by atoms with Crippen molar-refractivity contribution in [3.05, 3.63) is 59.7 Å². The highest BCUT2D eigenvalue weighted by Gasteiger charge is 2.15. The van der Waals surface area contributed by atoms with Gasteiger partial charge in [-0.05, 0) is 42.5 Å². The summed E-state index contributed by atoms with van der Waals surface area (Å²) in [7, 11) is 3.27. The number of hydrogen-bond acceptors (Lipinski definition) is 2. The van der Waals surface area contributed by atoms with Gasteiger partial charge >= 0.3 is 0 Å². The minimum atomic E-state index is -0.412. The predicted molar refractivity (Wildman–Crippen MR) is 74.9 cm³/mol. The molecule has 0 radical (unpaired) electrons.